The summed E-state index contributed by atoms with van der Waals surface area (Å²) in [5.74, 6) is -1.25. The van der Waals surface area contributed by atoms with E-state index in [1.54, 1.807) is 0 Å². The van der Waals surface area contributed by atoms with Crippen molar-refractivity contribution in [3.63, 3.8) is 0 Å². The second-order valence-corrected chi connectivity index (χ2v) is 10.9. The molecular weight excluding hydrogens is 502 g/mol. The molecule has 3 aliphatic heterocycles. The zero-order valence-electron chi connectivity index (χ0n) is 22.6. The first-order valence-electron chi connectivity index (χ1n) is 13.1. The summed E-state index contributed by atoms with van der Waals surface area (Å²) >= 11 is 0. The normalized spacial score (nSPS) is 28.9. The number of fused-ring (bicyclic) bond motifs is 4. The summed E-state index contributed by atoms with van der Waals surface area (Å²) in [6, 6.07) is 17.5. The van der Waals surface area contributed by atoms with Gasteiger partial charge in [-0.1, -0.05) is 30.3 Å². The molecule has 10 nitrogen and oxygen atoms in total. The monoisotopic (exact) mass is 535 g/mol. The fourth-order valence-corrected chi connectivity index (χ4v) is 5.37. The van der Waals surface area contributed by atoms with Crippen molar-refractivity contribution in [3.05, 3.63) is 65.9 Å². The van der Waals surface area contributed by atoms with Gasteiger partial charge in [0.1, 0.15) is 42.5 Å². The smallest absolute Gasteiger partial charge is 0.287 e. The molecule has 10 heteroatoms. The van der Waals surface area contributed by atoms with Crippen LogP contribution in [-0.2, 0) is 37.3 Å². The van der Waals surface area contributed by atoms with Crippen LogP contribution in [0.25, 0.3) is 10.9 Å². The molecule has 39 heavy (non-hydrogen) atoms. The van der Waals surface area contributed by atoms with Gasteiger partial charge in [-0.15, -0.1) is 0 Å². The van der Waals surface area contributed by atoms with Gasteiger partial charge in [0, 0.05) is 18.0 Å². The van der Waals surface area contributed by atoms with Crippen LogP contribution < -0.4 is 10.2 Å². The maximum atomic E-state index is 13.1. The predicted molar refractivity (Wildman–Crippen MR) is 142 cm³/mol. The van der Waals surface area contributed by atoms with Crippen molar-refractivity contribution in [3.8, 4) is 5.75 Å². The van der Waals surface area contributed by atoms with Crippen LogP contribution in [0.2, 0.25) is 0 Å². The number of benzene rings is 2. The van der Waals surface area contributed by atoms with Gasteiger partial charge in [-0.2, -0.15) is 5.10 Å². The highest BCUT2D eigenvalue weighted by Gasteiger charge is 2.60. The molecule has 3 saturated heterocycles. The van der Waals surface area contributed by atoms with E-state index in [0.717, 1.165) is 22.2 Å². The number of carbonyl (C=O) groups is 1. The highest BCUT2D eigenvalue weighted by Crippen LogP contribution is 2.43. The molecule has 2 aromatic carbocycles. The Morgan fingerprint density at radius 1 is 0.974 bits per heavy atom. The zero-order valence-corrected chi connectivity index (χ0v) is 22.6. The first-order chi connectivity index (χ1) is 18.6. The van der Waals surface area contributed by atoms with Crippen molar-refractivity contribution in [1.82, 2.24) is 9.99 Å². The van der Waals surface area contributed by atoms with Crippen LogP contribution in [0.4, 0.5) is 0 Å². The molecule has 3 aliphatic rings. The highest BCUT2D eigenvalue weighted by molar-refractivity contribution is 5.99. The molecule has 0 bridgehead atoms. The number of hydrazone groups is 1. The molecule has 206 valence electrons. The first kappa shape index (κ1) is 26.0. The van der Waals surface area contributed by atoms with Crippen molar-refractivity contribution in [2.24, 2.45) is 12.1 Å². The van der Waals surface area contributed by atoms with Crippen LogP contribution in [0, 0.1) is 0 Å². The SMILES string of the molecule is Cn1c(C(=O)N/N=C\C2OC3OC(C)(C)OC3C3OC(C)(C)OC23)cc2cc(OCc3ccccc3)ccc21. The summed E-state index contributed by atoms with van der Waals surface area (Å²) in [5, 5.41) is 5.09. The fourth-order valence-electron chi connectivity index (χ4n) is 5.37. The van der Waals surface area contributed by atoms with E-state index in [4.69, 9.17) is 28.4 Å². The fraction of sp³-hybridized carbons (Fsp3) is 0.448. The van der Waals surface area contributed by atoms with Gasteiger partial charge in [-0.3, -0.25) is 4.79 Å². The molecule has 0 spiro atoms. The Labute approximate surface area is 226 Å². The number of carbonyl (C=O) groups excluding carboxylic acids is 1. The molecule has 5 atom stereocenters. The minimum atomic E-state index is -0.814. The van der Waals surface area contributed by atoms with Crippen molar-refractivity contribution in [2.75, 3.05) is 0 Å². The van der Waals surface area contributed by atoms with Crippen LogP contribution in [-0.4, -0.2) is 59.0 Å². The Kier molecular flexibility index (Phi) is 6.47. The van der Waals surface area contributed by atoms with Gasteiger partial charge in [-0.25, -0.2) is 5.43 Å². The highest BCUT2D eigenvalue weighted by atomic mass is 16.9. The van der Waals surface area contributed by atoms with Crippen LogP contribution in [0.5, 0.6) is 5.75 Å². The third-order valence-corrected chi connectivity index (χ3v) is 7.07. The van der Waals surface area contributed by atoms with Crippen LogP contribution in [0.15, 0.2) is 59.7 Å². The van der Waals surface area contributed by atoms with E-state index in [-0.39, 0.29) is 5.91 Å². The van der Waals surface area contributed by atoms with Crippen molar-refractivity contribution >= 4 is 23.0 Å². The first-order valence-corrected chi connectivity index (χ1v) is 13.1. The maximum Gasteiger partial charge on any atom is 0.287 e. The molecule has 6 rings (SSSR count). The number of nitrogens with zero attached hydrogens (tertiary/aromatic N) is 2. The van der Waals surface area contributed by atoms with Gasteiger partial charge in [0.25, 0.3) is 5.91 Å². The van der Waals surface area contributed by atoms with E-state index < -0.39 is 42.3 Å². The number of aryl methyl sites for hydroxylation is 1. The molecule has 5 unspecified atom stereocenters. The Morgan fingerprint density at radius 3 is 2.49 bits per heavy atom. The molecule has 1 amide bonds. The summed E-state index contributed by atoms with van der Waals surface area (Å²) < 4.78 is 38.0. The lowest BCUT2D eigenvalue weighted by Gasteiger charge is -2.35. The largest absolute Gasteiger partial charge is 0.489 e. The maximum absolute atomic E-state index is 13.1. The van der Waals surface area contributed by atoms with Gasteiger partial charge in [0.05, 0.1) is 6.21 Å². The lowest BCUT2D eigenvalue weighted by molar-refractivity contribution is -0.217. The van der Waals surface area contributed by atoms with Crippen LogP contribution in [0.3, 0.4) is 0 Å². The Morgan fingerprint density at radius 2 is 1.69 bits per heavy atom. The standard InChI is InChI=1S/C29H33N3O7/c1-28(2)36-23-22(35-27-25(24(23)37-28)38-29(3,4)39-27)15-30-31-26(33)21-14-18-13-19(11-12-20(18)32(21)5)34-16-17-9-7-6-8-10-17/h6-15,22-25,27H,16H2,1-5H3,(H,31,33)/b30-15-. The number of nitrogens with one attached hydrogen (secondary N) is 1. The molecule has 3 fully saturated rings. The van der Waals surface area contributed by atoms with E-state index in [1.165, 1.54) is 6.21 Å². The number of amides is 1. The van der Waals surface area contributed by atoms with E-state index in [0.29, 0.717) is 12.3 Å². The zero-order chi connectivity index (χ0) is 27.4. The minimum Gasteiger partial charge on any atom is -0.489 e. The minimum absolute atomic E-state index is 0.354. The summed E-state index contributed by atoms with van der Waals surface area (Å²) in [4.78, 5) is 13.1. The third kappa shape index (κ3) is 5.18. The topological polar surface area (TPSA) is 102 Å². The average Bonchev–Trinajstić information content (AvgIpc) is 3.51. The molecule has 0 aliphatic carbocycles. The van der Waals surface area contributed by atoms with Crippen molar-refractivity contribution in [1.29, 1.82) is 0 Å². The van der Waals surface area contributed by atoms with Crippen LogP contribution in [0.1, 0.15) is 43.7 Å². The van der Waals surface area contributed by atoms with Crippen LogP contribution >= 0.6 is 0 Å². The molecule has 1 N–H and O–H groups in total. The van der Waals surface area contributed by atoms with Crippen molar-refractivity contribution in [2.45, 2.75) is 76.6 Å². The molecule has 3 aromatic rings. The quantitative estimate of drug-likeness (QED) is 0.378. The van der Waals surface area contributed by atoms with Gasteiger partial charge < -0.3 is 33.0 Å². The van der Waals surface area contributed by atoms with E-state index in [2.05, 4.69) is 10.5 Å². The molecular formula is C29H33N3O7. The Hall–Kier alpha value is -3.28. The summed E-state index contributed by atoms with van der Waals surface area (Å²) in [6.45, 7) is 7.81. The van der Waals surface area contributed by atoms with E-state index in [1.807, 2.05) is 93.9 Å². The predicted octanol–water partition coefficient (Wildman–Crippen LogP) is 3.87. The van der Waals surface area contributed by atoms with E-state index in [9.17, 15) is 4.79 Å². The second-order valence-electron chi connectivity index (χ2n) is 10.9. The number of hydrogen-bond acceptors (Lipinski definition) is 8. The molecule has 4 heterocycles. The number of ether oxygens (including phenoxy) is 6. The number of rotatable bonds is 6. The number of hydrogen-bond donors (Lipinski definition) is 1. The lowest BCUT2D eigenvalue weighted by atomic mass is 10.00. The van der Waals surface area contributed by atoms with Gasteiger partial charge in [0.2, 0.25) is 0 Å². The van der Waals surface area contributed by atoms with Gasteiger partial charge in [0.15, 0.2) is 17.9 Å². The third-order valence-electron chi connectivity index (χ3n) is 7.07. The van der Waals surface area contributed by atoms with Crippen molar-refractivity contribution < 1.29 is 33.2 Å². The summed E-state index contributed by atoms with van der Waals surface area (Å²) in [5.41, 5.74) is 5.06. The van der Waals surface area contributed by atoms with E-state index >= 15 is 0 Å². The van der Waals surface area contributed by atoms with Gasteiger partial charge in [-0.05, 0) is 57.5 Å². The molecule has 1 aromatic heterocycles. The Balaban J connectivity index is 1.14. The van der Waals surface area contributed by atoms with Gasteiger partial charge >= 0.3 is 0 Å². The Bertz CT molecular complexity index is 1400. The second kappa shape index (κ2) is 9.72. The molecule has 0 radical (unpaired) electrons. The number of aromatic nitrogens is 1. The summed E-state index contributed by atoms with van der Waals surface area (Å²) in [7, 11) is 1.84. The summed E-state index contributed by atoms with van der Waals surface area (Å²) in [6.07, 6.45) is -1.02. The molecule has 0 saturated carbocycles. The lowest BCUT2D eigenvalue weighted by Crippen LogP contribution is -2.55. The average molecular weight is 536 g/mol.